The van der Waals surface area contributed by atoms with Crippen molar-refractivity contribution in [3.63, 3.8) is 0 Å². The van der Waals surface area contributed by atoms with Crippen molar-refractivity contribution in [2.45, 2.75) is 112 Å². The highest BCUT2D eigenvalue weighted by atomic mass is 14.5. The SMILES string of the molecule is CC.CC.CC1CC2(CCC2)C1.CC1CC2(CCCC2)C1. The van der Waals surface area contributed by atoms with Crippen LogP contribution in [-0.4, -0.2) is 0 Å². The molecule has 21 heavy (non-hydrogen) atoms. The molecule has 0 radical (unpaired) electrons. The maximum Gasteiger partial charge on any atom is -0.0292 e. The van der Waals surface area contributed by atoms with E-state index in [1.165, 1.54) is 19.3 Å². The Morgan fingerprint density at radius 2 is 0.810 bits per heavy atom. The quantitative estimate of drug-likeness (QED) is 0.431. The van der Waals surface area contributed by atoms with Crippen LogP contribution in [0.25, 0.3) is 0 Å². The van der Waals surface area contributed by atoms with Gasteiger partial charge >= 0.3 is 0 Å². The van der Waals surface area contributed by atoms with Gasteiger partial charge in [0.1, 0.15) is 0 Å². The largest absolute Gasteiger partial charge is 0.0683 e. The molecule has 4 fully saturated rings. The molecule has 0 bridgehead atoms. The van der Waals surface area contributed by atoms with Crippen LogP contribution in [0, 0.1) is 22.7 Å². The molecule has 0 aromatic rings. The van der Waals surface area contributed by atoms with Gasteiger partial charge in [-0.3, -0.25) is 0 Å². The molecule has 0 aliphatic heterocycles. The molecule has 0 N–H and O–H groups in total. The lowest BCUT2D eigenvalue weighted by Gasteiger charge is -2.53. The molecule has 0 heteroatoms. The maximum atomic E-state index is 2.39. The topological polar surface area (TPSA) is 0 Å². The maximum absolute atomic E-state index is 2.39. The van der Waals surface area contributed by atoms with Gasteiger partial charge in [0.25, 0.3) is 0 Å². The summed E-state index contributed by atoms with van der Waals surface area (Å²) in [6, 6.07) is 0. The second kappa shape index (κ2) is 8.59. The fourth-order valence-corrected chi connectivity index (χ4v) is 5.46. The average molecular weight is 295 g/mol. The lowest BCUT2D eigenvalue weighted by atomic mass is 9.52. The Labute approximate surface area is 135 Å². The summed E-state index contributed by atoms with van der Waals surface area (Å²) in [6.45, 7) is 12.8. The van der Waals surface area contributed by atoms with Gasteiger partial charge in [-0.2, -0.15) is 0 Å². The smallest absolute Gasteiger partial charge is 0.0292 e. The van der Waals surface area contributed by atoms with Gasteiger partial charge in [0, 0.05) is 0 Å². The van der Waals surface area contributed by atoms with Crippen molar-refractivity contribution < 1.29 is 0 Å². The van der Waals surface area contributed by atoms with Gasteiger partial charge in [-0.1, -0.05) is 60.8 Å². The molecule has 0 nitrogen and oxygen atoms in total. The second-order valence-electron chi connectivity index (χ2n) is 8.09. The Kier molecular flexibility index (Phi) is 7.79. The Morgan fingerprint density at radius 1 is 0.524 bits per heavy atom. The van der Waals surface area contributed by atoms with Crippen LogP contribution in [0.1, 0.15) is 112 Å². The summed E-state index contributed by atoms with van der Waals surface area (Å²) in [5, 5.41) is 0. The van der Waals surface area contributed by atoms with E-state index in [2.05, 4.69) is 13.8 Å². The summed E-state index contributed by atoms with van der Waals surface area (Å²) in [7, 11) is 0. The molecular formula is C21H42. The van der Waals surface area contributed by atoms with Crippen molar-refractivity contribution in [2.75, 3.05) is 0 Å². The van der Waals surface area contributed by atoms with Gasteiger partial charge in [0.05, 0.1) is 0 Å². The van der Waals surface area contributed by atoms with Gasteiger partial charge in [0.2, 0.25) is 0 Å². The molecule has 0 aromatic carbocycles. The van der Waals surface area contributed by atoms with Crippen LogP contribution in [-0.2, 0) is 0 Å². The molecule has 126 valence electrons. The molecule has 2 spiro atoms. The zero-order valence-electron chi connectivity index (χ0n) is 15.9. The van der Waals surface area contributed by atoms with Gasteiger partial charge < -0.3 is 0 Å². The summed E-state index contributed by atoms with van der Waals surface area (Å²) < 4.78 is 0. The number of hydrogen-bond acceptors (Lipinski definition) is 0. The molecular weight excluding hydrogens is 252 g/mol. The Morgan fingerprint density at radius 3 is 1.00 bits per heavy atom. The lowest BCUT2D eigenvalue weighted by molar-refractivity contribution is -0.0161. The summed E-state index contributed by atoms with van der Waals surface area (Å²) in [4.78, 5) is 0. The van der Waals surface area contributed by atoms with Crippen LogP contribution in [0.5, 0.6) is 0 Å². The molecule has 0 saturated heterocycles. The predicted octanol–water partition coefficient (Wildman–Crippen LogP) is 7.62. The van der Waals surface area contributed by atoms with E-state index in [4.69, 9.17) is 0 Å². The van der Waals surface area contributed by atoms with Crippen LogP contribution in [0.2, 0.25) is 0 Å². The first-order chi connectivity index (χ1) is 10.1. The van der Waals surface area contributed by atoms with Crippen molar-refractivity contribution in [1.29, 1.82) is 0 Å². The van der Waals surface area contributed by atoms with Gasteiger partial charge in [-0.25, -0.2) is 0 Å². The van der Waals surface area contributed by atoms with Crippen molar-refractivity contribution >= 4 is 0 Å². The molecule has 4 rings (SSSR count). The summed E-state index contributed by atoms with van der Waals surface area (Å²) in [5.74, 6) is 2.12. The minimum Gasteiger partial charge on any atom is -0.0683 e. The van der Waals surface area contributed by atoms with E-state index in [-0.39, 0.29) is 0 Å². The van der Waals surface area contributed by atoms with Crippen LogP contribution >= 0.6 is 0 Å². The standard InChI is InChI=1S/C9H16.C8H14.2C2H6/c1-8-6-9(7-8)4-2-3-5-9;1-7-5-8(6-7)3-2-4-8;2*1-2/h8H,2-7H2,1H3;7H,2-6H2,1H3;2*1-2H3. The third-order valence-electron chi connectivity index (χ3n) is 6.20. The van der Waals surface area contributed by atoms with E-state index in [9.17, 15) is 0 Å². The average Bonchev–Trinajstić information content (AvgIpc) is 2.87. The summed E-state index contributed by atoms with van der Waals surface area (Å²) >= 11 is 0. The highest BCUT2D eigenvalue weighted by molar-refractivity contribution is 4.97. The summed E-state index contributed by atoms with van der Waals surface area (Å²) in [5.41, 5.74) is 1.80. The molecule has 0 amide bonds. The van der Waals surface area contributed by atoms with Crippen LogP contribution < -0.4 is 0 Å². The van der Waals surface area contributed by atoms with E-state index in [0.29, 0.717) is 0 Å². The van der Waals surface area contributed by atoms with Crippen molar-refractivity contribution in [1.82, 2.24) is 0 Å². The van der Waals surface area contributed by atoms with Crippen molar-refractivity contribution in [2.24, 2.45) is 22.7 Å². The Balaban J connectivity index is 0.000000171. The number of hydrogen-bond donors (Lipinski definition) is 0. The van der Waals surface area contributed by atoms with Gasteiger partial charge in [-0.15, -0.1) is 0 Å². The molecule has 0 aromatic heterocycles. The highest BCUT2D eigenvalue weighted by Crippen LogP contribution is 2.58. The van der Waals surface area contributed by atoms with Crippen LogP contribution in [0.15, 0.2) is 0 Å². The first kappa shape index (κ1) is 19.0. The highest BCUT2D eigenvalue weighted by Gasteiger charge is 2.45. The molecule has 0 heterocycles. The fraction of sp³-hybridized carbons (Fsp3) is 1.00. The Hall–Kier alpha value is 0. The molecule has 4 saturated carbocycles. The van der Waals surface area contributed by atoms with E-state index in [1.54, 1.807) is 51.4 Å². The van der Waals surface area contributed by atoms with Gasteiger partial charge in [-0.05, 0) is 74.0 Å². The van der Waals surface area contributed by atoms with E-state index >= 15 is 0 Å². The lowest BCUT2D eigenvalue weighted by Crippen LogP contribution is -2.41. The van der Waals surface area contributed by atoms with Crippen LogP contribution in [0.3, 0.4) is 0 Å². The minimum absolute atomic E-state index is 0.888. The van der Waals surface area contributed by atoms with E-state index < -0.39 is 0 Å². The molecule has 4 aliphatic carbocycles. The first-order valence-corrected chi connectivity index (χ1v) is 10.1. The Bertz CT molecular complexity index is 252. The fourth-order valence-electron chi connectivity index (χ4n) is 5.46. The number of rotatable bonds is 0. The van der Waals surface area contributed by atoms with E-state index in [0.717, 1.165) is 22.7 Å². The van der Waals surface area contributed by atoms with E-state index in [1.807, 2.05) is 27.7 Å². The summed E-state index contributed by atoms with van der Waals surface area (Å²) in [6.07, 6.45) is 17.0. The molecule has 4 aliphatic rings. The normalized spacial score (nSPS) is 30.3. The first-order valence-electron chi connectivity index (χ1n) is 10.1. The molecule has 0 unspecified atom stereocenters. The second-order valence-corrected chi connectivity index (χ2v) is 8.09. The molecule has 0 atom stereocenters. The minimum atomic E-state index is 0.888. The van der Waals surface area contributed by atoms with Gasteiger partial charge in [0.15, 0.2) is 0 Å². The zero-order valence-corrected chi connectivity index (χ0v) is 15.9. The third-order valence-corrected chi connectivity index (χ3v) is 6.20. The van der Waals surface area contributed by atoms with Crippen molar-refractivity contribution in [3.05, 3.63) is 0 Å². The third kappa shape index (κ3) is 4.73. The van der Waals surface area contributed by atoms with Crippen LogP contribution in [0.4, 0.5) is 0 Å². The van der Waals surface area contributed by atoms with Crippen molar-refractivity contribution in [3.8, 4) is 0 Å². The predicted molar refractivity (Wildman–Crippen MR) is 96.7 cm³/mol. The zero-order chi connectivity index (χ0) is 15.9. The monoisotopic (exact) mass is 294 g/mol.